The maximum atomic E-state index is 12.1. The van der Waals surface area contributed by atoms with Crippen LogP contribution < -0.4 is 10.6 Å². The molecule has 1 rings (SSSR count). The standard InChI is InChI=1S/C19H25N5O8/c1-22(16(28)3-2-10-25)8-6-20-14(26)11-23(13-19(31)32)12-15(27)21-7-9-24-17(29)4-5-18(24)30/h2-5,10H,6-9,11-13H2,1H3,(H,20,26)(H,21,27)(H,31,32)/b3-2-. The zero-order valence-corrected chi connectivity index (χ0v) is 17.5. The van der Waals surface area contributed by atoms with Gasteiger partial charge >= 0.3 is 5.97 Å². The van der Waals surface area contributed by atoms with Crippen LogP contribution in [-0.4, -0.2) is 114 Å². The summed E-state index contributed by atoms with van der Waals surface area (Å²) < 4.78 is 0. The number of nitrogens with one attached hydrogen (secondary N) is 2. The van der Waals surface area contributed by atoms with Crippen molar-refractivity contribution in [3.8, 4) is 0 Å². The molecule has 0 aromatic rings. The fourth-order valence-corrected chi connectivity index (χ4v) is 2.56. The van der Waals surface area contributed by atoms with Crippen LogP contribution in [0.15, 0.2) is 24.3 Å². The Morgan fingerprint density at radius 3 is 2.09 bits per heavy atom. The molecule has 3 N–H and O–H groups in total. The van der Waals surface area contributed by atoms with Crippen LogP contribution in [0, 0.1) is 0 Å². The summed E-state index contributed by atoms with van der Waals surface area (Å²) in [6.07, 6.45) is 4.82. The van der Waals surface area contributed by atoms with E-state index in [0.717, 1.165) is 34.1 Å². The van der Waals surface area contributed by atoms with E-state index in [1.807, 2.05) is 0 Å². The van der Waals surface area contributed by atoms with E-state index in [1.54, 1.807) is 0 Å². The number of allylic oxidation sites excluding steroid dienone is 1. The maximum Gasteiger partial charge on any atom is 0.317 e. The summed E-state index contributed by atoms with van der Waals surface area (Å²) in [4.78, 5) is 83.2. The average Bonchev–Trinajstić information content (AvgIpc) is 3.03. The predicted molar refractivity (Wildman–Crippen MR) is 109 cm³/mol. The van der Waals surface area contributed by atoms with E-state index in [0.29, 0.717) is 6.29 Å². The lowest BCUT2D eigenvalue weighted by Gasteiger charge is -2.20. The number of carbonyl (C=O) groups excluding carboxylic acids is 6. The van der Waals surface area contributed by atoms with Gasteiger partial charge in [-0.15, -0.1) is 0 Å². The first-order valence-electron chi connectivity index (χ1n) is 9.52. The normalized spacial score (nSPS) is 13.0. The third-order valence-electron chi connectivity index (χ3n) is 4.11. The molecule has 174 valence electrons. The molecule has 1 aliphatic rings. The Morgan fingerprint density at radius 1 is 1.00 bits per heavy atom. The molecule has 0 radical (unpaired) electrons. The van der Waals surface area contributed by atoms with Gasteiger partial charge in [0.25, 0.3) is 11.8 Å². The first-order valence-corrected chi connectivity index (χ1v) is 9.52. The van der Waals surface area contributed by atoms with Crippen molar-refractivity contribution in [2.75, 3.05) is 52.9 Å². The predicted octanol–water partition coefficient (Wildman–Crippen LogP) is -3.26. The van der Waals surface area contributed by atoms with Gasteiger partial charge in [0.2, 0.25) is 17.7 Å². The molecule has 0 saturated heterocycles. The number of imide groups is 1. The van der Waals surface area contributed by atoms with Crippen molar-refractivity contribution in [1.82, 2.24) is 25.3 Å². The zero-order valence-electron chi connectivity index (χ0n) is 17.5. The number of carbonyl (C=O) groups is 7. The highest BCUT2D eigenvalue weighted by atomic mass is 16.4. The molecule has 0 unspecified atom stereocenters. The van der Waals surface area contributed by atoms with Gasteiger partial charge in [0.05, 0.1) is 19.6 Å². The second kappa shape index (κ2) is 13.4. The van der Waals surface area contributed by atoms with E-state index in [2.05, 4.69) is 10.6 Å². The van der Waals surface area contributed by atoms with E-state index in [-0.39, 0.29) is 32.7 Å². The van der Waals surface area contributed by atoms with Crippen molar-refractivity contribution < 1.29 is 38.7 Å². The molecule has 13 nitrogen and oxygen atoms in total. The van der Waals surface area contributed by atoms with Crippen LogP contribution in [0.3, 0.4) is 0 Å². The van der Waals surface area contributed by atoms with E-state index >= 15 is 0 Å². The van der Waals surface area contributed by atoms with E-state index < -0.39 is 48.6 Å². The summed E-state index contributed by atoms with van der Waals surface area (Å²) in [5.41, 5.74) is 0. The molecule has 0 aromatic carbocycles. The molecule has 0 atom stereocenters. The lowest BCUT2D eigenvalue weighted by atomic mass is 10.4. The van der Waals surface area contributed by atoms with Crippen LogP contribution in [0.1, 0.15) is 0 Å². The Balaban J connectivity index is 2.41. The Bertz CT molecular complexity index is 805. The third-order valence-corrected chi connectivity index (χ3v) is 4.11. The Morgan fingerprint density at radius 2 is 1.56 bits per heavy atom. The van der Waals surface area contributed by atoms with Crippen LogP contribution in [0.5, 0.6) is 0 Å². The van der Waals surface area contributed by atoms with Crippen LogP contribution in [0.2, 0.25) is 0 Å². The molecule has 0 fully saturated rings. The SMILES string of the molecule is CN(CCNC(=O)CN(CC(=O)O)CC(=O)NCCN1C(=O)C=CC1=O)C(=O)/C=C\C=O. The number of amides is 5. The topological polar surface area (TPSA) is 174 Å². The third kappa shape index (κ3) is 9.75. The van der Waals surface area contributed by atoms with Crippen LogP contribution >= 0.6 is 0 Å². The Hall–Kier alpha value is -3.87. The lowest BCUT2D eigenvalue weighted by Crippen LogP contribution is -2.47. The van der Waals surface area contributed by atoms with Crippen LogP contribution in [-0.2, 0) is 33.6 Å². The number of aldehydes is 1. The molecule has 0 spiro atoms. The van der Waals surface area contributed by atoms with Gasteiger partial charge in [0.15, 0.2) is 0 Å². The minimum atomic E-state index is -1.24. The van der Waals surface area contributed by atoms with Crippen molar-refractivity contribution in [3.05, 3.63) is 24.3 Å². The van der Waals surface area contributed by atoms with Crippen molar-refractivity contribution in [3.63, 3.8) is 0 Å². The van der Waals surface area contributed by atoms with E-state index in [1.165, 1.54) is 11.9 Å². The van der Waals surface area contributed by atoms with Gasteiger partial charge in [0.1, 0.15) is 6.29 Å². The minimum Gasteiger partial charge on any atom is -0.480 e. The fourth-order valence-electron chi connectivity index (χ4n) is 2.56. The highest BCUT2D eigenvalue weighted by Gasteiger charge is 2.23. The lowest BCUT2D eigenvalue weighted by molar-refractivity contribution is -0.140. The largest absolute Gasteiger partial charge is 0.480 e. The van der Waals surface area contributed by atoms with Gasteiger partial charge in [-0.3, -0.25) is 43.4 Å². The molecule has 0 bridgehead atoms. The zero-order chi connectivity index (χ0) is 24.1. The number of hydrogen-bond acceptors (Lipinski definition) is 8. The smallest absolute Gasteiger partial charge is 0.317 e. The Labute approximate surface area is 183 Å². The Kier molecular flexibility index (Phi) is 11.0. The van der Waals surface area contributed by atoms with Crippen molar-refractivity contribution >= 4 is 41.8 Å². The van der Waals surface area contributed by atoms with Crippen molar-refractivity contribution in [2.45, 2.75) is 0 Å². The highest BCUT2D eigenvalue weighted by molar-refractivity contribution is 6.12. The molecular formula is C19H25N5O8. The number of rotatable bonds is 14. The molecule has 0 aromatic heterocycles. The van der Waals surface area contributed by atoms with E-state index in [4.69, 9.17) is 5.11 Å². The second-order valence-electron chi connectivity index (χ2n) is 6.66. The van der Waals surface area contributed by atoms with Gasteiger partial charge in [-0.1, -0.05) is 0 Å². The molecule has 13 heteroatoms. The number of nitrogens with zero attached hydrogens (tertiary/aromatic N) is 3. The molecule has 1 heterocycles. The molecule has 5 amide bonds. The first-order chi connectivity index (χ1) is 15.1. The highest BCUT2D eigenvalue weighted by Crippen LogP contribution is 2.01. The quantitative estimate of drug-likeness (QED) is 0.139. The monoisotopic (exact) mass is 451 g/mol. The molecule has 0 saturated carbocycles. The second-order valence-corrected chi connectivity index (χ2v) is 6.66. The number of aliphatic carboxylic acids is 1. The van der Waals surface area contributed by atoms with Gasteiger partial charge in [-0.25, -0.2) is 0 Å². The van der Waals surface area contributed by atoms with Gasteiger partial charge in [-0.05, 0) is 6.08 Å². The summed E-state index contributed by atoms with van der Waals surface area (Å²) in [6, 6.07) is 0. The molecular weight excluding hydrogens is 426 g/mol. The van der Waals surface area contributed by atoms with E-state index in [9.17, 15) is 33.6 Å². The number of hydrogen-bond donors (Lipinski definition) is 3. The van der Waals surface area contributed by atoms with Crippen LogP contribution in [0.4, 0.5) is 0 Å². The first kappa shape index (κ1) is 26.2. The molecule has 0 aliphatic carbocycles. The maximum absolute atomic E-state index is 12.1. The molecule has 32 heavy (non-hydrogen) atoms. The van der Waals surface area contributed by atoms with Crippen molar-refractivity contribution in [1.29, 1.82) is 0 Å². The van der Waals surface area contributed by atoms with Gasteiger partial charge in [0, 0.05) is 51.5 Å². The number of likely N-dealkylation sites (N-methyl/N-ethyl adjacent to an activating group) is 1. The minimum absolute atomic E-state index is 0.0238. The molecule has 1 aliphatic heterocycles. The number of carboxylic acid groups (broad SMARTS) is 1. The average molecular weight is 451 g/mol. The number of carboxylic acids is 1. The summed E-state index contributed by atoms with van der Waals surface area (Å²) >= 11 is 0. The van der Waals surface area contributed by atoms with Crippen LogP contribution in [0.25, 0.3) is 0 Å². The summed E-state index contributed by atoms with van der Waals surface area (Å²) in [6.45, 7) is -1.17. The van der Waals surface area contributed by atoms with Crippen molar-refractivity contribution in [2.24, 2.45) is 0 Å². The summed E-state index contributed by atoms with van der Waals surface area (Å²) in [7, 11) is 1.48. The fraction of sp³-hybridized carbons (Fsp3) is 0.421. The van der Waals surface area contributed by atoms with Gasteiger partial charge in [-0.2, -0.15) is 0 Å². The summed E-state index contributed by atoms with van der Waals surface area (Å²) in [5.74, 6) is -3.78. The summed E-state index contributed by atoms with van der Waals surface area (Å²) in [5, 5.41) is 14.0. The van der Waals surface area contributed by atoms with Gasteiger partial charge < -0.3 is 20.6 Å².